The molecule has 0 bridgehead atoms. The molecule has 9 heteroatoms. The van der Waals surface area contributed by atoms with Crippen molar-refractivity contribution < 1.29 is 9.59 Å². The first-order chi connectivity index (χ1) is 15.4. The van der Waals surface area contributed by atoms with E-state index in [4.69, 9.17) is 0 Å². The summed E-state index contributed by atoms with van der Waals surface area (Å²) in [6.07, 6.45) is 3.56. The lowest BCUT2D eigenvalue weighted by atomic mass is 10.2. The standard InChI is InChI=1S/C23H21N5O3S/c1-13-14(2)32-23-20(13)22(31)27-18(28-23)6-7-19(29)25-16-4-3-5-17(12-16)26-21(30)15-8-10-24-11-9-15/h3-5,8-12H,6-7H2,1-2H3,(H,25,29)(H,26,30)(H,27,28,31). The van der Waals surface area contributed by atoms with Gasteiger partial charge in [-0.2, -0.15) is 0 Å². The number of fused-ring (bicyclic) bond motifs is 1. The van der Waals surface area contributed by atoms with Crippen molar-refractivity contribution in [3.63, 3.8) is 0 Å². The summed E-state index contributed by atoms with van der Waals surface area (Å²) >= 11 is 1.48. The summed E-state index contributed by atoms with van der Waals surface area (Å²) in [5.74, 6) is 0.00140. The Hall–Kier alpha value is -3.85. The van der Waals surface area contributed by atoms with Crippen molar-refractivity contribution in [1.82, 2.24) is 15.0 Å². The number of benzene rings is 1. The van der Waals surface area contributed by atoms with Crippen molar-refractivity contribution in [3.05, 3.63) is 81.0 Å². The third kappa shape index (κ3) is 4.73. The summed E-state index contributed by atoms with van der Waals surface area (Å²) in [5, 5.41) is 6.22. The first-order valence-corrected chi connectivity index (χ1v) is 10.8. The molecule has 0 unspecified atom stereocenters. The summed E-state index contributed by atoms with van der Waals surface area (Å²) in [6, 6.07) is 10.1. The number of aromatic nitrogens is 3. The van der Waals surface area contributed by atoms with E-state index in [9.17, 15) is 14.4 Å². The number of rotatable bonds is 6. The summed E-state index contributed by atoms with van der Waals surface area (Å²) in [4.78, 5) is 50.0. The number of thiophene rings is 1. The van der Waals surface area contributed by atoms with Gasteiger partial charge in [-0.25, -0.2) is 4.98 Å². The Morgan fingerprint density at radius 2 is 1.78 bits per heavy atom. The molecule has 3 N–H and O–H groups in total. The van der Waals surface area contributed by atoms with Crippen LogP contribution in [0.1, 0.15) is 33.0 Å². The maximum Gasteiger partial charge on any atom is 0.259 e. The minimum atomic E-state index is -0.264. The molecule has 4 rings (SSSR count). The van der Waals surface area contributed by atoms with E-state index in [0.29, 0.717) is 39.4 Å². The second-order valence-corrected chi connectivity index (χ2v) is 8.50. The first-order valence-electron chi connectivity index (χ1n) is 10.0. The highest BCUT2D eigenvalue weighted by Crippen LogP contribution is 2.25. The number of amides is 2. The van der Waals surface area contributed by atoms with Gasteiger partial charge in [0.2, 0.25) is 5.91 Å². The molecule has 0 spiro atoms. The molecule has 8 nitrogen and oxygen atoms in total. The van der Waals surface area contributed by atoms with E-state index in [-0.39, 0.29) is 23.8 Å². The van der Waals surface area contributed by atoms with Gasteiger partial charge in [0.15, 0.2) is 0 Å². The Balaban J connectivity index is 1.38. The maximum absolute atomic E-state index is 12.4. The fourth-order valence-corrected chi connectivity index (χ4v) is 4.30. The van der Waals surface area contributed by atoms with Gasteiger partial charge >= 0.3 is 0 Å². The number of carbonyl (C=O) groups is 2. The fraction of sp³-hybridized carbons (Fsp3) is 0.174. The number of nitrogens with one attached hydrogen (secondary N) is 3. The van der Waals surface area contributed by atoms with Crippen molar-refractivity contribution in [3.8, 4) is 0 Å². The molecule has 0 aliphatic heterocycles. The highest BCUT2D eigenvalue weighted by molar-refractivity contribution is 7.18. The Kier molecular flexibility index (Phi) is 6.09. The summed E-state index contributed by atoms with van der Waals surface area (Å²) in [6.45, 7) is 3.87. The van der Waals surface area contributed by atoms with Gasteiger partial charge in [-0.3, -0.25) is 19.4 Å². The van der Waals surface area contributed by atoms with Gasteiger partial charge in [0.1, 0.15) is 10.7 Å². The number of aromatic amines is 1. The van der Waals surface area contributed by atoms with E-state index in [2.05, 4.69) is 25.6 Å². The van der Waals surface area contributed by atoms with E-state index in [0.717, 1.165) is 10.4 Å². The third-order valence-electron chi connectivity index (χ3n) is 5.02. The van der Waals surface area contributed by atoms with Gasteiger partial charge in [-0.15, -0.1) is 11.3 Å². The van der Waals surface area contributed by atoms with Crippen molar-refractivity contribution in [1.29, 1.82) is 0 Å². The molecule has 0 aliphatic carbocycles. The molecule has 0 saturated heterocycles. The average Bonchev–Trinajstić information content (AvgIpc) is 3.07. The van der Waals surface area contributed by atoms with E-state index in [1.54, 1.807) is 48.8 Å². The molecular formula is C23H21N5O3S. The van der Waals surface area contributed by atoms with Crippen LogP contribution >= 0.6 is 11.3 Å². The molecule has 0 fully saturated rings. The molecule has 0 radical (unpaired) electrons. The normalized spacial score (nSPS) is 10.8. The van der Waals surface area contributed by atoms with Crippen LogP contribution < -0.4 is 16.2 Å². The molecule has 0 saturated carbocycles. The largest absolute Gasteiger partial charge is 0.326 e. The smallest absolute Gasteiger partial charge is 0.259 e. The fourth-order valence-electron chi connectivity index (χ4n) is 3.25. The number of aryl methyl sites for hydroxylation is 3. The first kappa shape index (κ1) is 21.4. The van der Waals surface area contributed by atoms with Crippen LogP contribution in [-0.4, -0.2) is 26.8 Å². The molecule has 2 amide bonds. The zero-order valence-electron chi connectivity index (χ0n) is 17.6. The molecule has 0 atom stereocenters. The van der Waals surface area contributed by atoms with Gasteiger partial charge in [-0.1, -0.05) is 6.07 Å². The SMILES string of the molecule is Cc1sc2nc(CCC(=O)Nc3cccc(NC(=O)c4ccncc4)c3)[nH]c(=O)c2c1C. The summed E-state index contributed by atoms with van der Waals surface area (Å²) in [7, 11) is 0. The van der Waals surface area contributed by atoms with Crippen molar-refractivity contribution in [2.45, 2.75) is 26.7 Å². The van der Waals surface area contributed by atoms with Crippen LogP contribution in [0.4, 0.5) is 11.4 Å². The maximum atomic E-state index is 12.4. The number of carbonyl (C=O) groups excluding carboxylic acids is 2. The number of hydrogen-bond donors (Lipinski definition) is 3. The van der Waals surface area contributed by atoms with Crippen LogP contribution in [0.15, 0.2) is 53.6 Å². The second-order valence-electron chi connectivity index (χ2n) is 7.30. The molecule has 1 aromatic carbocycles. The van der Waals surface area contributed by atoms with Crippen LogP contribution in [0, 0.1) is 13.8 Å². The lowest BCUT2D eigenvalue weighted by Crippen LogP contribution is -2.16. The Labute approximate surface area is 187 Å². The van der Waals surface area contributed by atoms with Crippen LogP contribution in [0.3, 0.4) is 0 Å². The van der Waals surface area contributed by atoms with Crippen LogP contribution in [-0.2, 0) is 11.2 Å². The van der Waals surface area contributed by atoms with Crippen LogP contribution in [0.5, 0.6) is 0 Å². The van der Waals surface area contributed by atoms with Gasteiger partial charge in [-0.05, 0) is 49.7 Å². The van der Waals surface area contributed by atoms with Crippen LogP contribution in [0.2, 0.25) is 0 Å². The van der Waals surface area contributed by atoms with E-state index < -0.39 is 0 Å². The number of H-pyrrole nitrogens is 1. The van der Waals surface area contributed by atoms with Gasteiger partial charge in [0.05, 0.1) is 5.39 Å². The lowest BCUT2D eigenvalue weighted by Gasteiger charge is -2.09. The molecule has 3 aromatic heterocycles. The molecular weight excluding hydrogens is 426 g/mol. The average molecular weight is 448 g/mol. The van der Waals surface area contributed by atoms with E-state index in [1.807, 2.05) is 13.8 Å². The van der Waals surface area contributed by atoms with Crippen molar-refractivity contribution in [2.75, 3.05) is 10.6 Å². The highest BCUT2D eigenvalue weighted by atomic mass is 32.1. The number of hydrogen-bond acceptors (Lipinski definition) is 6. The quantitative estimate of drug-likeness (QED) is 0.415. The van der Waals surface area contributed by atoms with Crippen molar-refractivity contribution >= 4 is 44.7 Å². The van der Waals surface area contributed by atoms with E-state index >= 15 is 0 Å². The number of anilines is 2. The molecule has 162 valence electrons. The third-order valence-corrected chi connectivity index (χ3v) is 6.12. The lowest BCUT2D eigenvalue weighted by molar-refractivity contribution is -0.116. The van der Waals surface area contributed by atoms with E-state index in [1.165, 1.54) is 11.3 Å². The predicted octanol–water partition coefficient (Wildman–Crippen LogP) is 3.82. The topological polar surface area (TPSA) is 117 Å². The summed E-state index contributed by atoms with van der Waals surface area (Å²) in [5.41, 5.74) is 2.38. The Morgan fingerprint density at radius 1 is 1.06 bits per heavy atom. The van der Waals surface area contributed by atoms with Crippen molar-refractivity contribution in [2.24, 2.45) is 0 Å². The minimum absolute atomic E-state index is 0.158. The highest BCUT2D eigenvalue weighted by Gasteiger charge is 2.13. The minimum Gasteiger partial charge on any atom is -0.326 e. The summed E-state index contributed by atoms with van der Waals surface area (Å²) < 4.78 is 0. The monoisotopic (exact) mass is 447 g/mol. The number of pyridine rings is 1. The Morgan fingerprint density at radius 3 is 2.53 bits per heavy atom. The van der Waals surface area contributed by atoms with Gasteiger partial charge in [0.25, 0.3) is 11.5 Å². The number of nitrogens with zero attached hydrogens (tertiary/aromatic N) is 2. The van der Waals surface area contributed by atoms with Gasteiger partial charge < -0.3 is 15.6 Å². The molecule has 3 heterocycles. The second kappa shape index (κ2) is 9.11. The van der Waals surface area contributed by atoms with Crippen LogP contribution in [0.25, 0.3) is 10.2 Å². The molecule has 32 heavy (non-hydrogen) atoms. The zero-order chi connectivity index (χ0) is 22.7. The molecule has 4 aromatic rings. The zero-order valence-corrected chi connectivity index (χ0v) is 18.4. The predicted molar refractivity (Wildman–Crippen MR) is 125 cm³/mol. The Bertz CT molecular complexity index is 1360. The molecule has 0 aliphatic rings. The van der Waals surface area contributed by atoms with Gasteiger partial charge in [0, 0.05) is 47.1 Å².